The van der Waals surface area contributed by atoms with Gasteiger partial charge in [-0.25, -0.2) is 4.68 Å². The van der Waals surface area contributed by atoms with Gasteiger partial charge in [-0.05, 0) is 49.8 Å². The average molecular weight is 512 g/mol. The number of hydrogen-bond acceptors (Lipinski definition) is 5. The van der Waals surface area contributed by atoms with E-state index in [0.717, 1.165) is 33.8 Å². The standard InChI is InChI=1S/C29H25N3O2S2/c1-3-31-28(33)26(36-29(31)35)17-23-18-32(24-9-5-4-6-10-24)30-27(23)22-8-7-11-25(16-22)34-19-21-14-12-20(2)13-15-21/h4-18H,3,19H2,1-2H3/b26-17-. The largest absolute Gasteiger partial charge is 0.489 e. The van der Waals surface area contributed by atoms with Crippen LogP contribution in [-0.2, 0) is 11.4 Å². The van der Waals surface area contributed by atoms with Gasteiger partial charge >= 0.3 is 0 Å². The van der Waals surface area contributed by atoms with Crippen molar-refractivity contribution in [1.29, 1.82) is 0 Å². The van der Waals surface area contributed by atoms with Crippen LogP contribution in [0.25, 0.3) is 23.0 Å². The first kappa shape index (κ1) is 24.0. The summed E-state index contributed by atoms with van der Waals surface area (Å²) < 4.78 is 8.50. The number of rotatable bonds is 7. The van der Waals surface area contributed by atoms with E-state index in [-0.39, 0.29) is 5.91 Å². The third kappa shape index (κ3) is 5.12. The molecule has 0 spiro atoms. The molecule has 0 aliphatic carbocycles. The van der Waals surface area contributed by atoms with Crippen molar-refractivity contribution in [2.24, 2.45) is 0 Å². The Morgan fingerprint density at radius 2 is 1.81 bits per heavy atom. The molecule has 1 fully saturated rings. The number of amides is 1. The number of thiocarbonyl (C=S) groups is 1. The van der Waals surface area contributed by atoms with E-state index in [9.17, 15) is 4.79 Å². The Morgan fingerprint density at radius 1 is 1.03 bits per heavy atom. The van der Waals surface area contributed by atoms with Crippen molar-refractivity contribution in [2.75, 3.05) is 6.54 Å². The fraction of sp³-hybridized carbons (Fsp3) is 0.138. The normalized spacial score (nSPS) is 14.6. The molecule has 1 aromatic heterocycles. The van der Waals surface area contributed by atoms with Crippen LogP contribution in [0.4, 0.5) is 0 Å². The number of ether oxygens (including phenoxy) is 1. The molecule has 36 heavy (non-hydrogen) atoms. The highest BCUT2D eigenvalue weighted by Gasteiger charge is 2.31. The Hall–Kier alpha value is -3.68. The van der Waals surface area contributed by atoms with Crippen LogP contribution in [0, 0.1) is 6.92 Å². The van der Waals surface area contributed by atoms with Crippen molar-refractivity contribution in [3.63, 3.8) is 0 Å². The summed E-state index contributed by atoms with van der Waals surface area (Å²) in [7, 11) is 0. The van der Waals surface area contributed by atoms with Crippen LogP contribution in [0.15, 0.2) is 90.0 Å². The van der Waals surface area contributed by atoms with Gasteiger partial charge in [0.05, 0.1) is 10.6 Å². The molecule has 5 nitrogen and oxygen atoms in total. The minimum atomic E-state index is -0.0684. The predicted molar refractivity (Wildman–Crippen MR) is 150 cm³/mol. The number of benzene rings is 3. The third-order valence-electron chi connectivity index (χ3n) is 5.87. The number of carbonyl (C=O) groups excluding carboxylic acids is 1. The summed E-state index contributed by atoms with van der Waals surface area (Å²) >= 11 is 6.73. The molecular weight excluding hydrogens is 486 g/mol. The topological polar surface area (TPSA) is 47.4 Å². The van der Waals surface area contributed by atoms with Gasteiger partial charge in [0.1, 0.15) is 22.4 Å². The second kappa shape index (κ2) is 10.5. The molecule has 0 bridgehead atoms. The Morgan fingerprint density at radius 3 is 2.53 bits per heavy atom. The molecule has 0 unspecified atom stereocenters. The lowest BCUT2D eigenvalue weighted by molar-refractivity contribution is -0.121. The zero-order valence-electron chi connectivity index (χ0n) is 20.0. The molecule has 2 heterocycles. The minimum Gasteiger partial charge on any atom is -0.489 e. The molecule has 3 aromatic carbocycles. The van der Waals surface area contributed by atoms with Gasteiger partial charge in [-0.1, -0.05) is 84.1 Å². The molecule has 0 N–H and O–H groups in total. The monoisotopic (exact) mass is 511 g/mol. The number of para-hydroxylation sites is 1. The smallest absolute Gasteiger partial charge is 0.266 e. The first-order valence-electron chi connectivity index (χ1n) is 11.7. The molecular formula is C29H25N3O2S2. The van der Waals surface area contributed by atoms with E-state index in [1.165, 1.54) is 17.3 Å². The lowest BCUT2D eigenvalue weighted by Gasteiger charge is -2.09. The molecule has 7 heteroatoms. The van der Waals surface area contributed by atoms with Crippen molar-refractivity contribution in [3.05, 3.63) is 107 Å². The summed E-state index contributed by atoms with van der Waals surface area (Å²) in [5.41, 5.74) is 5.78. The molecule has 180 valence electrons. The SMILES string of the molecule is CCN1C(=O)/C(=C/c2cn(-c3ccccc3)nc2-c2cccc(OCc3ccc(C)cc3)c2)SC1=S. The van der Waals surface area contributed by atoms with E-state index in [1.807, 2.05) is 78.5 Å². The highest BCUT2D eigenvalue weighted by atomic mass is 32.2. The zero-order valence-corrected chi connectivity index (χ0v) is 21.7. The first-order valence-corrected chi connectivity index (χ1v) is 12.9. The second-order valence-electron chi connectivity index (χ2n) is 8.44. The molecule has 1 amide bonds. The first-order chi connectivity index (χ1) is 17.5. The van der Waals surface area contributed by atoms with E-state index in [2.05, 4.69) is 31.2 Å². The maximum absolute atomic E-state index is 12.9. The summed E-state index contributed by atoms with van der Waals surface area (Å²) in [6.45, 7) is 5.03. The molecule has 4 aromatic rings. The van der Waals surface area contributed by atoms with E-state index >= 15 is 0 Å². The minimum absolute atomic E-state index is 0.0684. The Labute approximate surface area is 220 Å². The number of hydrogen-bond donors (Lipinski definition) is 0. The van der Waals surface area contributed by atoms with Gasteiger partial charge < -0.3 is 4.74 Å². The lowest BCUT2D eigenvalue weighted by atomic mass is 10.1. The molecule has 1 aliphatic heterocycles. The summed E-state index contributed by atoms with van der Waals surface area (Å²) in [5, 5.41) is 4.89. The Bertz CT molecular complexity index is 1440. The average Bonchev–Trinajstić information content (AvgIpc) is 3.44. The highest BCUT2D eigenvalue weighted by Crippen LogP contribution is 2.35. The van der Waals surface area contributed by atoms with Crippen LogP contribution in [-0.4, -0.2) is 31.5 Å². The van der Waals surface area contributed by atoms with Crippen LogP contribution < -0.4 is 4.74 Å². The van der Waals surface area contributed by atoms with Crippen LogP contribution in [0.3, 0.4) is 0 Å². The van der Waals surface area contributed by atoms with Gasteiger partial charge in [-0.15, -0.1) is 0 Å². The van der Waals surface area contributed by atoms with E-state index < -0.39 is 0 Å². The molecule has 0 radical (unpaired) electrons. The van der Waals surface area contributed by atoms with Gasteiger partial charge in [0, 0.05) is 23.9 Å². The van der Waals surface area contributed by atoms with Crippen LogP contribution >= 0.6 is 24.0 Å². The lowest BCUT2D eigenvalue weighted by Crippen LogP contribution is -2.27. The predicted octanol–water partition coefficient (Wildman–Crippen LogP) is 6.65. The number of aryl methyl sites for hydroxylation is 1. The maximum atomic E-state index is 12.9. The van der Waals surface area contributed by atoms with E-state index in [1.54, 1.807) is 4.90 Å². The van der Waals surface area contributed by atoms with Crippen molar-refractivity contribution < 1.29 is 9.53 Å². The third-order valence-corrected chi connectivity index (χ3v) is 7.25. The molecule has 5 rings (SSSR count). The highest BCUT2D eigenvalue weighted by molar-refractivity contribution is 8.26. The Kier molecular flexibility index (Phi) is 7.02. The van der Waals surface area contributed by atoms with Gasteiger partial charge in [-0.3, -0.25) is 9.69 Å². The number of likely N-dealkylation sites (N-methyl/N-ethyl adjacent to an activating group) is 1. The molecule has 1 saturated heterocycles. The summed E-state index contributed by atoms with van der Waals surface area (Å²) in [6, 6.07) is 26.1. The van der Waals surface area contributed by atoms with Crippen molar-refractivity contribution in [3.8, 4) is 22.7 Å². The van der Waals surface area contributed by atoms with Crippen molar-refractivity contribution in [1.82, 2.24) is 14.7 Å². The van der Waals surface area contributed by atoms with E-state index in [4.69, 9.17) is 22.1 Å². The van der Waals surface area contributed by atoms with Gasteiger partial charge in [0.25, 0.3) is 5.91 Å². The molecule has 0 saturated carbocycles. The molecule has 1 aliphatic rings. The van der Waals surface area contributed by atoms with E-state index in [0.29, 0.717) is 22.4 Å². The summed E-state index contributed by atoms with van der Waals surface area (Å²) in [4.78, 5) is 15.1. The van der Waals surface area contributed by atoms with Crippen LogP contribution in [0.1, 0.15) is 23.6 Å². The summed E-state index contributed by atoms with van der Waals surface area (Å²) in [5.74, 6) is 0.687. The molecule has 0 atom stereocenters. The van der Waals surface area contributed by atoms with Gasteiger partial charge in [0.15, 0.2) is 0 Å². The number of carbonyl (C=O) groups is 1. The van der Waals surface area contributed by atoms with Gasteiger partial charge in [0.2, 0.25) is 0 Å². The van der Waals surface area contributed by atoms with Crippen LogP contribution in [0.2, 0.25) is 0 Å². The quantitative estimate of drug-likeness (QED) is 0.205. The second-order valence-corrected chi connectivity index (χ2v) is 10.1. The van der Waals surface area contributed by atoms with Gasteiger partial charge in [-0.2, -0.15) is 5.10 Å². The number of thioether (sulfide) groups is 1. The Balaban J connectivity index is 1.50. The van der Waals surface area contributed by atoms with Crippen LogP contribution in [0.5, 0.6) is 5.75 Å². The summed E-state index contributed by atoms with van der Waals surface area (Å²) in [6.07, 6.45) is 3.83. The van der Waals surface area contributed by atoms with Crippen molar-refractivity contribution in [2.45, 2.75) is 20.5 Å². The fourth-order valence-corrected chi connectivity index (χ4v) is 5.30. The zero-order chi connectivity index (χ0) is 25.1. The number of aromatic nitrogens is 2. The number of nitrogens with zero attached hydrogens (tertiary/aromatic N) is 3. The van der Waals surface area contributed by atoms with Crippen molar-refractivity contribution >= 4 is 40.3 Å². The maximum Gasteiger partial charge on any atom is 0.266 e. The fourth-order valence-electron chi connectivity index (χ4n) is 3.93.